The van der Waals surface area contributed by atoms with Gasteiger partial charge < -0.3 is 29.2 Å². The zero-order valence-electron chi connectivity index (χ0n) is 22.2. The van der Waals surface area contributed by atoms with Gasteiger partial charge in [-0.05, 0) is 30.9 Å². The summed E-state index contributed by atoms with van der Waals surface area (Å²) in [4.78, 5) is 38.4. The number of nitrogens with zero attached hydrogens (tertiary/aromatic N) is 1. The maximum Gasteiger partial charge on any atom is 0.408 e. The van der Waals surface area contributed by atoms with Gasteiger partial charge in [0.05, 0.1) is 28.0 Å². The number of alkyl carbamates (subject to hydrolysis) is 1. The molecule has 6 rings (SSSR count). The van der Waals surface area contributed by atoms with Crippen molar-refractivity contribution in [1.82, 2.24) is 9.88 Å². The van der Waals surface area contributed by atoms with Crippen molar-refractivity contribution in [2.75, 3.05) is 6.61 Å². The van der Waals surface area contributed by atoms with Gasteiger partial charge in [-0.25, -0.2) is 14.0 Å². The van der Waals surface area contributed by atoms with Crippen LogP contribution < -0.4 is 20.2 Å². The molecule has 1 unspecified atom stereocenters. The molecule has 2 aliphatic rings. The maximum absolute atomic E-state index is 16.7. The van der Waals surface area contributed by atoms with Crippen LogP contribution in [0.25, 0.3) is 10.9 Å². The molecular formula is C31H27FN2O7. The molecule has 0 radical (unpaired) electrons. The second kappa shape index (κ2) is 10.3. The molecule has 1 amide bonds. The molecular weight excluding hydrogens is 531 g/mol. The number of hydrogen-bond acceptors (Lipinski definition) is 6. The molecule has 1 aliphatic heterocycles. The molecule has 0 saturated heterocycles. The second-order valence-electron chi connectivity index (χ2n) is 10.4. The van der Waals surface area contributed by atoms with Crippen LogP contribution in [0, 0.1) is 5.82 Å². The molecule has 41 heavy (non-hydrogen) atoms. The van der Waals surface area contributed by atoms with Gasteiger partial charge in [0.2, 0.25) is 5.43 Å². The molecule has 10 heteroatoms. The largest absolute Gasteiger partial charge is 0.489 e. The number of aromatic carboxylic acids is 1. The summed E-state index contributed by atoms with van der Waals surface area (Å²) < 4.78 is 35.7. The van der Waals surface area contributed by atoms with Gasteiger partial charge in [0.25, 0.3) is 0 Å². The van der Waals surface area contributed by atoms with E-state index in [0.717, 1.165) is 11.1 Å². The number of pyridine rings is 1. The molecule has 3 aromatic carbocycles. The fourth-order valence-electron chi connectivity index (χ4n) is 5.25. The van der Waals surface area contributed by atoms with Gasteiger partial charge in [0.15, 0.2) is 17.3 Å². The Morgan fingerprint density at radius 3 is 2.32 bits per heavy atom. The molecule has 0 spiro atoms. The number of hydrogen-bond donors (Lipinski definition) is 2. The summed E-state index contributed by atoms with van der Waals surface area (Å²) in [5.41, 5.74) is -0.739. The maximum atomic E-state index is 16.7. The number of carbonyl (C=O) groups is 2. The molecule has 1 aromatic heterocycles. The minimum Gasteiger partial charge on any atom is -0.489 e. The van der Waals surface area contributed by atoms with Gasteiger partial charge in [0.1, 0.15) is 25.4 Å². The minimum atomic E-state index is -1.43. The number of ether oxygens (including phenoxy) is 3. The first-order valence-corrected chi connectivity index (χ1v) is 13.3. The first-order chi connectivity index (χ1) is 19.8. The molecule has 0 bridgehead atoms. The molecule has 1 fully saturated rings. The summed E-state index contributed by atoms with van der Waals surface area (Å²) in [5, 5.41) is 12.4. The lowest BCUT2D eigenvalue weighted by Crippen LogP contribution is -2.37. The van der Waals surface area contributed by atoms with E-state index in [4.69, 9.17) is 14.2 Å². The van der Waals surface area contributed by atoms with Crippen LogP contribution in [0.5, 0.6) is 11.5 Å². The van der Waals surface area contributed by atoms with Gasteiger partial charge in [-0.2, -0.15) is 0 Å². The quantitative estimate of drug-likeness (QED) is 0.302. The summed E-state index contributed by atoms with van der Waals surface area (Å²) in [6.45, 7) is 1.87. The van der Waals surface area contributed by atoms with E-state index < -0.39 is 34.4 Å². The topological polar surface area (TPSA) is 116 Å². The van der Waals surface area contributed by atoms with Gasteiger partial charge in [0, 0.05) is 6.20 Å². The predicted octanol–water partition coefficient (Wildman–Crippen LogP) is 5.29. The van der Waals surface area contributed by atoms with Crippen molar-refractivity contribution < 1.29 is 33.3 Å². The number of halogens is 1. The van der Waals surface area contributed by atoms with Crippen molar-refractivity contribution in [2.45, 2.75) is 44.6 Å². The highest BCUT2D eigenvalue weighted by atomic mass is 19.1. The number of aromatic nitrogens is 1. The third-order valence-electron chi connectivity index (χ3n) is 7.51. The van der Waals surface area contributed by atoms with Crippen molar-refractivity contribution in [1.29, 1.82) is 0 Å². The normalized spacial score (nSPS) is 16.5. The van der Waals surface area contributed by atoms with Gasteiger partial charge in [-0.3, -0.25) is 4.79 Å². The average Bonchev–Trinajstić information content (AvgIpc) is 3.74. The zero-order chi connectivity index (χ0) is 28.7. The second-order valence-corrected chi connectivity index (χ2v) is 10.4. The molecule has 1 saturated carbocycles. The van der Waals surface area contributed by atoms with Crippen molar-refractivity contribution in [3.8, 4) is 11.5 Å². The van der Waals surface area contributed by atoms with Gasteiger partial charge >= 0.3 is 12.1 Å². The van der Waals surface area contributed by atoms with Crippen molar-refractivity contribution in [3.05, 3.63) is 105 Å². The smallest absolute Gasteiger partial charge is 0.408 e. The number of rotatable bonds is 8. The molecule has 2 N–H and O–H groups in total. The SMILES string of the molecule is CC1COc2c(C3(NC(=O)OCc4ccccc4)CC3)c(F)c(OCc3ccccc3)c3c(=O)c(C(=O)O)cn1c23. The van der Waals surface area contributed by atoms with Crippen LogP contribution in [0.4, 0.5) is 9.18 Å². The highest BCUT2D eigenvalue weighted by Gasteiger charge is 2.52. The number of benzene rings is 3. The predicted molar refractivity (Wildman–Crippen MR) is 147 cm³/mol. The number of amides is 1. The summed E-state index contributed by atoms with van der Waals surface area (Å²) in [5.74, 6) is -2.61. The number of carboxylic acids is 1. The number of carbonyl (C=O) groups excluding carboxylic acids is 1. The van der Waals surface area contributed by atoms with Crippen LogP contribution in [0.1, 0.15) is 52.9 Å². The fourth-order valence-corrected chi connectivity index (χ4v) is 5.25. The standard InChI is InChI=1S/C31H27FN2O7/c1-18-15-39-28-23(31(12-13-31)33-30(38)41-17-20-10-6-3-7-11-20)24(32)27(40-16-19-8-4-2-5-9-19)22-25(28)34(18)14-21(26(22)35)29(36)37/h2-11,14,18H,12-13,15-17H2,1H3,(H,33,38)(H,36,37). The Hall–Kier alpha value is -4.86. The Bertz CT molecular complexity index is 1720. The molecule has 1 atom stereocenters. The summed E-state index contributed by atoms with van der Waals surface area (Å²) >= 11 is 0. The third-order valence-corrected chi connectivity index (χ3v) is 7.51. The van der Waals surface area contributed by atoms with E-state index in [1.54, 1.807) is 35.8 Å². The third kappa shape index (κ3) is 4.75. The molecule has 1 aliphatic carbocycles. The van der Waals surface area contributed by atoms with Gasteiger partial charge in [-0.1, -0.05) is 60.7 Å². The van der Waals surface area contributed by atoms with Crippen molar-refractivity contribution >= 4 is 23.0 Å². The zero-order valence-corrected chi connectivity index (χ0v) is 22.2. The Kier molecular flexibility index (Phi) is 6.61. The van der Waals surface area contributed by atoms with E-state index in [2.05, 4.69) is 5.32 Å². The lowest BCUT2D eigenvalue weighted by Gasteiger charge is -2.32. The van der Waals surface area contributed by atoms with E-state index in [-0.39, 0.29) is 53.8 Å². The minimum absolute atomic E-state index is 0.0345. The van der Waals surface area contributed by atoms with Crippen LogP contribution in [0.2, 0.25) is 0 Å². The monoisotopic (exact) mass is 558 g/mol. The Labute approximate surface area is 234 Å². The van der Waals surface area contributed by atoms with E-state index in [9.17, 15) is 19.5 Å². The molecule has 210 valence electrons. The first-order valence-electron chi connectivity index (χ1n) is 13.3. The Morgan fingerprint density at radius 2 is 1.71 bits per heavy atom. The summed E-state index contributed by atoms with van der Waals surface area (Å²) in [6.07, 6.45) is 1.33. The Balaban J connectivity index is 1.48. The van der Waals surface area contributed by atoms with Crippen LogP contribution in [-0.2, 0) is 23.5 Å². The fraction of sp³-hybridized carbons (Fsp3) is 0.258. The lowest BCUT2D eigenvalue weighted by atomic mass is 9.96. The highest BCUT2D eigenvalue weighted by Crippen LogP contribution is 2.55. The summed E-state index contributed by atoms with van der Waals surface area (Å²) in [7, 11) is 0. The molecule has 4 aromatic rings. The van der Waals surface area contributed by atoms with E-state index in [1.165, 1.54) is 6.20 Å². The van der Waals surface area contributed by atoms with Crippen LogP contribution in [-0.4, -0.2) is 28.3 Å². The lowest BCUT2D eigenvalue weighted by molar-refractivity contribution is 0.0694. The molecule has 2 heterocycles. The van der Waals surface area contributed by atoms with E-state index >= 15 is 4.39 Å². The van der Waals surface area contributed by atoms with E-state index in [1.807, 2.05) is 36.4 Å². The van der Waals surface area contributed by atoms with Crippen LogP contribution in [0.3, 0.4) is 0 Å². The summed E-state index contributed by atoms with van der Waals surface area (Å²) in [6, 6.07) is 17.8. The van der Waals surface area contributed by atoms with Crippen LogP contribution in [0.15, 0.2) is 71.7 Å². The Morgan fingerprint density at radius 1 is 1.07 bits per heavy atom. The number of carboxylic acid groups (broad SMARTS) is 1. The van der Waals surface area contributed by atoms with Crippen molar-refractivity contribution in [3.63, 3.8) is 0 Å². The average molecular weight is 559 g/mol. The molecule has 9 nitrogen and oxygen atoms in total. The first kappa shape index (κ1) is 26.4. The number of nitrogens with one attached hydrogen (secondary N) is 1. The van der Waals surface area contributed by atoms with Crippen LogP contribution >= 0.6 is 0 Å². The van der Waals surface area contributed by atoms with Crippen molar-refractivity contribution in [2.24, 2.45) is 0 Å². The van der Waals surface area contributed by atoms with Gasteiger partial charge in [-0.15, -0.1) is 0 Å². The van der Waals surface area contributed by atoms with E-state index in [0.29, 0.717) is 12.8 Å². The highest BCUT2D eigenvalue weighted by molar-refractivity contribution is 5.98.